The average molecular weight is 428 g/mol. The molecule has 1 N–H and O–H groups in total. The first-order chi connectivity index (χ1) is 14.3. The van der Waals surface area contributed by atoms with E-state index in [0.29, 0.717) is 34.5 Å². The number of nitrogens with one attached hydrogen (secondary N) is 1. The van der Waals surface area contributed by atoms with E-state index in [2.05, 4.69) is 36.2 Å². The number of ether oxygens (including phenoxy) is 1. The normalized spacial score (nSPS) is 12.4. The van der Waals surface area contributed by atoms with Crippen LogP contribution in [0, 0.1) is 0 Å². The predicted octanol–water partition coefficient (Wildman–Crippen LogP) is 5.16. The van der Waals surface area contributed by atoms with Gasteiger partial charge in [-0.1, -0.05) is 68.7 Å². The summed E-state index contributed by atoms with van der Waals surface area (Å²) in [5.74, 6) is 1.09. The van der Waals surface area contributed by atoms with Crippen molar-refractivity contribution in [2.75, 3.05) is 0 Å². The number of hydrogen-bond donors (Lipinski definition) is 1. The molecular formula is C23H26ClN3O3. The molecule has 6 nitrogen and oxygen atoms in total. The van der Waals surface area contributed by atoms with E-state index < -0.39 is 6.10 Å². The second-order valence-electron chi connectivity index (χ2n) is 8.00. The summed E-state index contributed by atoms with van der Waals surface area (Å²) in [5, 5.41) is 7.26. The molecule has 1 amide bonds. The molecular weight excluding hydrogens is 402 g/mol. The Kier molecular flexibility index (Phi) is 6.77. The summed E-state index contributed by atoms with van der Waals surface area (Å²) in [6.45, 7) is 8.47. The minimum absolute atomic E-state index is 0.0625. The van der Waals surface area contributed by atoms with Crippen LogP contribution in [0.3, 0.4) is 0 Å². The molecule has 1 aromatic heterocycles. The van der Waals surface area contributed by atoms with E-state index in [1.54, 1.807) is 12.1 Å². The zero-order valence-corrected chi connectivity index (χ0v) is 18.4. The smallest absolute Gasteiger partial charge is 0.261 e. The lowest BCUT2D eigenvalue weighted by Crippen LogP contribution is -2.37. The Labute approximate surface area is 181 Å². The molecule has 0 radical (unpaired) electrons. The van der Waals surface area contributed by atoms with Crippen molar-refractivity contribution in [3.05, 3.63) is 65.0 Å². The number of carbonyl (C=O) groups excluding carboxylic acids is 1. The van der Waals surface area contributed by atoms with Gasteiger partial charge in [0.1, 0.15) is 5.75 Å². The van der Waals surface area contributed by atoms with Gasteiger partial charge in [-0.2, -0.15) is 4.98 Å². The molecule has 0 fully saturated rings. The van der Waals surface area contributed by atoms with E-state index in [1.165, 1.54) is 5.56 Å². The molecule has 0 unspecified atom stereocenters. The van der Waals surface area contributed by atoms with Crippen LogP contribution in [-0.2, 0) is 16.8 Å². The van der Waals surface area contributed by atoms with Crippen LogP contribution in [-0.4, -0.2) is 22.2 Å². The van der Waals surface area contributed by atoms with Gasteiger partial charge in [0.15, 0.2) is 6.10 Å². The number of benzene rings is 2. The van der Waals surface area contributed by atoms with E-state index in [-0.39, 0.29) is 17.9 Å². The van der Waals surface area contributed by atoms with Crippen LogP contribution >= 0.6 is 11.6 Å². The van der Waals surface area contributed by atoms with Gasteiger partial charge in [0.2, 0.25) is 11.7 Å². The molecule has 1 atom stereocenters. The molecule has 2 aromatic carbocycles. The Balaban J connectivity index is 1.59. The molecule has 30 heavy (non-hydrogen) atoms. The van der Waals surface area contributed by atoms with E-state index in [9.17, 15) is 4.79 Å². The van der Waals surface area contributed by atoms with E-state index in [1.807, 2.05) is 43.3 Å². The third-order valence-electron chi connectivity index (χ3n) is 4.66. The molecule has 0 aliphatic rings. The molecule has 0 aliphatic carbocycles. The largest absolute Gasteiger partial charge is 0.481 e. The number of rotatable bonds is 7. The van der Waals surface area contributed by atoms with Crippen molar-refractivity contribution in [1.82, 2.24) is 15.5 Å². The zero-order chi connectivity index (χ0) is 21.7. The highest BCUT2D eigenvalue weighted by atomic mass is 35.5. The van der Waals surface area contributed by atoms with Crippen molar-refractivity contribution >= 4 is 17.5 Å². The van der Waals surface area contributed by atoms with Crippen LogP contribution in [0.15, 0.2) is 53.1 Å². The Hall–Kier alpha value is -2.86. The van der Waals surface area contributed by atoms with Crippen LogP contribution in [0.4, 0.5) is 0 Å². The number of halogens is 1. The van der Waals surface area contributed by atoms with Gasteiger partial charge in [-0.15, -0.1) is 0 Å². The maximum atomic E-state index is 12.6. The number of hydrogen-bond acceptors (Lipinski definition) is 5. The van der Waals surface area contributed by atoms with Gasteiger partial charge >= 0.3 is 0 Å². The predicted molar refractivity (Wildman–Crippen MR) is 116 cm³/mol. The summed E-state index contributed by atoms with van der Waals surface area (Å²) in [6, 6.07) is 15.1. The fourth-order valence-corrected chi connectivity index (χ4v) is 3.10. The van der Waals surface area contributed by atoms with Gasteiger partial charge in [0, 0.05) is 5.56 Å². The fraction of sp³-hybridized carbons (Fsp3) is 0.348. The molecule has 7 heteroatoms. The van der Waals surface area contributed by atoms with Crippen LogP contribution in [0.25, 0.3) is 11.4 Å². The quantitative estimate of drug-likeness (QED) is 0.563. The lowest BCUT2D eigenvalue weighted by atomic mass is 9.87. The third-order valence-corrected chi connectivity index (χ3v) is 4.99. The Morgan fingerprint density at radius 3 is 2.50 bits per heavy atom. The van der Waals surface area contributed by atoms with E-state index >= 15 is 0 Å². The number of amides is 1. The summed E-state index contributed by atoms with van der Waals surface area (Å²) < 4.78 is 11.1. The lowest BCUT2D eigenvalue weighted by Gasteiger charge is -2.20. The molecule has 0 bridgehead atoms. The molecule has 0 saturated heterocycles. The standard InChI is InChI=1S/C23H26ClN3O3/c1-5-19(29-16-12-10-15(11-13-16)23(2,3)4)22(28)25-14-20-26-21(27-30-20)17-8-6-7-9-18(17)24/h6-13,19H,5,14H2,1-4H3,(H,25,28)/t19-/m1/s1. The van der Waals surface area contributed by atoms with Gasteiger partial charge in [0.05, 0.1) is 11.6 Å². The monoisotopic (exact) mass is 427 g/mol. The SMILES string of the molecule is CC[C@@H](Oc1ccc(C(C)(C)C)cc1)C(=O)NCc1nc(-c2ccccc2Cl)no1. The zero-order valence-electron chi connectivity index (χ0n) is 17.6. The summed E-state index contributed by atoms with van der Waals surface area (Å²) in [7, 11) is 0. The van der Waals surface area contributed by atoms with Crippen LogP contribution in [0.5, 0.6) is 5.75 Å². The maximum absolute atomic E-state index is 12.6. The number of nitrogens with zero attached hydrogens (tertiary/aromatic N) is 2. The Bertz CT molecular complexity index is 993. The second kappa shape index (κ2) is 9.30. The van der Waals surface area contributed by atoms with Crippen LogP contribution < -0.4 is 10.1 Å². The van der Waals surface area contributed by atoms with Gasteiger partial charge in [0.25, 0.3) is 5.91 Å². The highest BCUT2D eigenvalue weighted by Crippen LogP contribution is 2.26. The highest BCUT2D eigenvalue weighted by molar-refractivity contribution is 6.33. The minimum atomic E-state index is -0.614. The molecule has 1 heterocycles. The summed E-state index contributed by atoms with van der Waals surface area (Å²) in [6.07, 6.45) is -0.0851. The lowest BCUT2D eigenvalue weighted by molar-refractivity contribution is -0.128. The molecule has 0 saturated carbocycles. The first-order valence-corrected chi connectivity index (χ1v) is 10.3. The van der Waals surface area contributed by atoms with Crippen molar-refractivity contribution in [2.24, 2.45) is 0 Å². The van der Waals surface area contributed by atoms with Gasteiger partial charge in [-0.3, -0.25) is 4.79 Å². The first kappa shape index (κ1) is 21.8. The third kappa shape index (κ3) is 5.39. The number of carbonyl (C=O) groups is 1. The molecule has 0 aliphatic heterocycles. The van der Waals surface area contributed by atoms with Crippen LogP contribution in [0.1, 0.15) is 45.6 Å². The van der Waals surface area contributed by atoms with Crippen molar-refractivity contribution in [3.8, 4) is 17.1 Å². The summed E-state index contributed by atoms with van der Waals surface area (Å²) in [4.78, 5) is 16.9. The highest BCUT2D eigenvalue weighted by Gasteiger charge is 2.20. The van der Waals surface area contributed by atoms with Crippen LogP contribution in [0.2, 0.25) is 5.02 Å². The molecule has 0 spiro atoms. The van der Waals surface area contributed by atoms with Gasteiger partial charge < -0.3 is 14.6 Å². The number of aromatic nitrogens is 2. The summed E-state index contributed by atoms with van der Waals surface area (Å²) >= 11 is 6.16. The van der Waals surface area contributed by atoms with Gasteiger partial charge in [-0.25, -0.2) is 0 Å². The van der Waals surface area contributed by atoms with E-state index in [4.69, 9.17) is 20.9 Å². The molecule has 158 valence electrons. The van der Waals surface area contributed by atoms with Crippen molar-refractivity contribution in [1.29, 1.82) is 0 Å². The Morgan fingerprint density at radius 2 is 1.87 bits per heavy atom. The average Bonchev–Trinajstić information content (AvgIpc) is 3.19. The maximum Gasteiger partial charge on any atom is 0.261 e. The second-order valence-corrected chi connectivity index (χ2v) is 8.41. The Morgan fingerprint density at radius 1 is 1.17 bits per heavy atom. The van der Waals surface area contributed by atoms with E-state index in [0.717, 1.165) is 0 Å². The van der Waals surface area contributed by atoms with Crippen molar-refractivity contribution in [2.45, 2.75) is 52.2 Å². The van der Waals surface area contributed by atoms with Crippen molar-refractivity contribution < 1.29 is 14.1 Å². The fourth-order valence-electron chi connectivity index (χ4n) is 2.88. The first-order valence-electron chi connectivity index (χ1n) is 9.90. The summed E-state index contributed by atoms with van der Waals surface area (Å²) in [5.41, 5.74) is 1.94. The molecule has 3 aromatic rings. The van der Waals surface area contributed by atoms with Crippen molar-refractivity contribution in [3.63, 3.8) is 0 Å². The molecule has 3 rings (SSSR count). The minimum Gasteiger partial charge on any atom is -0.481 e. The topological polar surface area (TPSA) is 77.2 Å². The van der Waals surface area contributed by atoms with Gasteiger partial charge in [-0.05, 0) is 41.7 Å².